The largest absolute Gasteiger partial charge is 0.376 e. The summed E-state index contributed by atoms with van der Waals surface area (Å²) in [6.45, 7) is 2.92. The molecule has 1 amide bonds. The predicted molar refractivity (Wildman–Crippen MR) is 110 cm³/mol. The van der Waals surface area contributed by atoms with E-state index in [2.05, 4.69) is 59.4 Å². The first kappa shape index (κ1) is 18.8. The standard InChI is InChI=1S/C23H27N3O3/c27-23(21-15-28-12-13-29-21)26-11-10-20-19(14-26)22(25-24-20)18-8-6-17(7-9-18)16-4-2-1-3-5-16/h1-9,19-22,24-25H,10-15H2. The number of benzene rings is 2. The summed E-state index contributed by atoms with van der Waals surface area (Å²) in [6.07, 6.45) is 0.487. The molecule has 2 aromatic carbocycles. The molecule has 2 aromatic rings. The number of hydrogen-bond donors (Lipinski definition) is 2. The number of hydrazine groups is 1. The molecule has 6 heteroatoms. The maximum absolute atomic E-state index is 12.9. The lowest BCUT2D eigenvalue weighted by Gasteiger charge is -2.38. The van der Waals surface area contributed by atoms with Crippen molar-refractivity contribution in [2.45, 2.75) is 24.6 Å². The Morgan fingerprint density at radius 2 is 1.76 bits per heavy atom. The van der Waals surface area contributed by atoms with Gasteiger partial charge in [0.05, 0.1) is 25.9 Å². The van der Waals surface area contributed by atoms with E-state index in [1.54, 1.807) is 0 Å². The average Bonchev–Trinajstić information content (AvgIpc) is 3.23. The highest BCUT2D eigenvalue weighted by Gasteiger charge is 2.42. The lowest BCUT2D eigenvalue weighted by atomic mass is 9.84. The van der Waals surface area contributed by atoms with Gasteiger partial charge in [0, 0.05) is 25.0 Å². The number of carbonyl (C=O) groups excluding carboxylic acids is 1. The second-order valence-electron chi connectivity index (χ2n) is 8.03. The third-order valence-corrected chi connectivity index (χ3v) is 6.29. The highest BCUT2D eigenvalue weighted by atomic mass is 16.6. The van der Waals surface area contributed by atoms with Gasteiger partial charge >= 0.3 is 0 Å². The molecule has 3 aliphatic rings. The molecule has 0 saturated carbocycles. The summed E-state index contributed by atoms with van der Waals surface area (Å²) in [5.41, 5.74) is 10.6. The van der Waals surface area contributed by atoms with E-state index in [1.165, 1.54) is 16.7 Å². The van der Waals surface area contributed by atoms with E-state index in [4.69, 9.17) is 9.47 Å². The Labute approximate surface area is 171 Å². The van der Waals surface area contributed by atoms with Crippen LogP contribution in [0.2, 0.25) is 0 Å². The minimum Gasteiger partial charge on any atom is -0.376 e. The first-order valence-electron chi connectivity index (χ1n) is 10.4. The van der Waals surface area contributed by atoms with Gasteiger partial charge in [-0.1, -0.05) is 54.6 Å². The topological polar surface area (TPSA) is 62.8 Å². The molecule has 0 radical (unpaired) electrons. The summed E-state index contributed by atoms with van der Waals surface area (Å²) in [7, 11) is 0. The third kappa shape index (κ3) is 3.81. The summed E-state index contributed by atoms with van der Waals surface area (Å²) in [5.74, 6) is 0.396. The number of carbonyl (C=O) groups is 1. The Morgan fingerprint density at radius 3 is 2.52 bits per heavy atom. The van der Waals surface area contributed by atoms with Gasteiger partial charge in [-0.3, -0.25) is 10.2 Å². The lowest BCUT2D eigenvalue weighted by Crippen LogP contribution is -2.52. The Bertz CT molecular complexity index is 836. The molecule has 29 heavy (non-hydrogen) atoms. The molecule has 0 spiro atoms. The predicted octanol–water partition coefficient (Wildman–Crippen LogP) is 2.13. The molecule has 3 heterocycles. The van der Waals surface area contributed by atoms with Crippen LogP contribution in [0, 0.1) is 5.92 Å². The first-order valence-corrected chi connectivity index (χ1v) is 10.4. The van der Waals surface area contributed by atoms with E-state index in [1.807, 2.05) is 11.0 Å². The van der Waals surface area contributed by atoms with Crippen LogP contribution in [0.4, 0.5) is 0 Å². The SMILES string of the molecule is O=C(C1COCCO1)N1CCC2NNC(c3ccc(-c4ccccc4)cc3)C2C1. The van der Waals surface area contributed by atoms with Crippen molar-refractivity contribution in [2.75, 3.05) is 32.9 Å². The molecule has 5 rings (SSSR count). The minimum absolute atomic E-state index is 0.0632. The van der Waals surface area contributed by atoms with Crippen LogP contribution in [0.5, 0.6) is 0 Å². The Morgan fingerprint density at radius 1 is 0.966 bits per heavy atom. The van der Waals surface area contributed by atoms with Crippen molar-refractivity contribution in [3.63, 3.8) is 0 Å². The molecule has 152 valence electrons. The number of rotatable bonds is 3. The summed E-state index contributed by atoms with van der Waals surface area (Å²) >= 11 is 0. The normalized spacial score (nSPS) is 29.4. The van der Waals surface area contributed by atoms with E-state index in [0.29, 0.717) is 31.8 Å². The zero-order valence-electron chi connectivity index (χ0n) is 16.4. The molecule has 0 aromatic heterocycles. The van der Waals surface area contributed by atoms with Crippen molar-refractivity contribution in [3.8, 4) is 11.1 Å². The van der Waals surface area contributed by atoms with Gasteiger partial charge in [-0.25, -0.2) is 5.43 Å². The molecule has 3 saturated heterocycles. The van der Waals surface area contributed by atoms with Crippen molar-refractivity contribution < 1.29 is 14.3 Å². The van der Waals surface area contributed by atoms with Gasteiger partial charge in [-0.15, -0.1) is 0 Å². The van der Waals surface area contributed by atoms with Crippen LogP contribution < -0.4 is 10.9 Å². The van der Waals surface area contributed by atoms with Gasteiger partial charge in [-0.2, -0.15) is 0 Å². The molecule has 0 bridgehead atoms. The fourth-order valence-electron chi connectivity index (χ4n) is 4.68. The van der Waals surface area contributed by atoms with E-state index in [9.17, 15) is 4.79 Å². The Kier molecular flexibility index (Phi) is 5.33. The van der Waals surface area contributed by atoms with E-state index < -0.39 is 6.10 Å². The maximum Gasteiger partial charge on any atom is 0.254 e. The van der Waals surface area contributed by atoms with Crippen LogP contribution in [0.25, 0.3) is 11.1 Å². The Hall–Kier alpha value is -2.25. The quantitative estimate of drug-likeness (QED) is 0.837. The van der Waals surface area contributed by atoms with Crippen molar-refractivity contribution >= 4 is 5.91 Å². The molecule has 4 unspecified atom stereocenters. The molecule has 6 nitrogen and oxygen atoms in total. The number of likely N-dealkylation sites (tertiary alicyclic amines) is 1. The average molecular weight is 393 g/mol. The molecule has 4 atom stereocenters. The summed E-state index contributed by atoms with van der Waals surface area (Å²) < 4.78 is 11.0. The smallest absolute Gasteiger partial charge is 0.254 e. The number of fused-ring (bicyclic) bond motifs is 1. The van der Waals surface area contributed by atoms with Crippen LogP contribution in [-0.4, -0.2) is 55.9 Å². The fraction of sp³-hybridized carbons (Fsp3) is 0.435. The monoisotopic (exact) mass is 393 g/mol. The highest BCUT2D eigenvalue weighted by Crippen LogP contribution is 2.35. The van der Waals surface area contributed by atoms with Crippen molar-refractivity contribution in [3.05, 3.63) is 60.2 Å². The van der Waals surface area contributed by atoms with Gasteiger partial charge < -0.3 is 14.4 Å². The van der Waals surface area contributed by atoms with Crippen LogP contribution in [0.3, 0.4) is 0 Å². The molecule has 3 aliphatic heterocycles. The van der Waals surface area contributed by atoms with Crippen molar-refractivity contribution in [2.24, 2.45) is 5.92 Å². The van der Waals surface area contributed by atoms with Gasteiger partial charge in [0.1, 0.15) is 0 Å². The van der Waals surface area contributed by atoms with Crippen LogP contribution >= 0.6 is 0 Å². The van der Waals surface area contributed by atoms with Crippen LogP contribution in [0.1, 0.15) is 18.0 Å². The number of nitrogens with one attached hydrogen (secondary N) is 2. The second kappa shape index (κ2) is 8.24. The molecular formula is C23H27N3O3. The number of piperidine rings is 1. The van der Waals surface area contributed by atoms with Crippen molar-refractivity contribution in [1.82, 2.24) is 15.8 Å². The molecular weight excluding hydrogens is 366 g/mol. The molecule has 0 aliphatic carbocycles. The zero-order valence-corrected chi connectivity index (χ0v) is 16.4. The maximum atomic E-state index is 12.9. The number of amides is 1. The number of hydrogen-bond acceptors (Lipinski definition) is 5. The fourth-order valence-corrected chi connectivity index (χ4v) is 4.68. The molecule has 2 N–H and O–H groups in total. The van der Waals surface area contributed by atoms with Gasteiger partial charge in [-0.05, 0) is 23.1 Å². The lowest BCUT2D eigenvalue weighted by molar-refractivity contribution is -0.159. The number of nitrogens with zero attached hydrogens (tertiary/aromatic N) is 1. The van der Waals surface area contributed by atoms with E-state index >= 15 is 0 Å². The van der Waals surface area contributed by atoms with Gasteiger partial charge in [0.2, 0.25) is 0 Å². The van der Waals surface area contributed by atoms with Crippen LogP contribution in [-0.2, 0) is 14.3 Å². The van der Waals surface area contributed by atoms with Gasteiger partial charge in [0.15, 0.2) is 6.10 Å². The number of ether oxygens (including phenoxy) is 2. The molecule has 3 fully saturated rings. The summed E-state index contributed by atoms with van der Waals surface area (Å²) in [4.78, 5) is 14.8. The van der Waals surface area contributed by atoms with Crippen LogP contribution in [0.15, 0.2) is 54.6 Å². The first-order chi connectivity index (χ1) is 14.3. The summed E-state index contributed by atoms with van der Waals surface area (Å²) in [5, 5.41) is 0. The minimum atomic E-state index is -0.453. The highest BCUT2D eigenvalue weighted by molar-refractivity contribution is 5.81. The van der Waals surface area contributed by atoms with E-state index in [0.717, 1.165) is 19.5 Å². The van der Waals surface area contributed by atoms with Gasteiger partial charge in [0.25, 0.3) is 5.91 Å². The zero-order chi connectivity index (χ0) is 19.6. The van der Waals surface area contributed by atoms with Crippen molar-refractivity contribution in [1.29, 1.82) is 0 Å². The van der Waals surface area contributed by atoms with E-state index in [-0.39, 0.29) is 11.9 Å². The summed E-state index contributed by atoms with van der Waals surface area (Å²) in [6, 6.07) is 19.7. The third-order valence-electron chi connectivity index (χ3n) is 6.29. The second-order valence-corrected chi connectivity index (χ2v) is 8.03. The Balaban J connectivity index is 1.29.